The van der Waals surface area contributed by atoms with Gasteiger partial charge in [-0.15, -0.1) is 0 Å². The number of hydrogen-bond acceptors (Lipinski definition) is 2. The van der Waals surface area contributed by atoms with Crippen molar-refractivity contribution < 1.29 is 4.39 Å². The van der Waals surface area contributed by atoms with E-state index in [4.69, 9.17) is 5.73 Å². The third kappa shape index (κ3) is 4.04. The third-order valence-electron chi connectivity index (χ3n) is 4.73. The van der Waals surface area contributed by atoms with Crippen LogP contribution in [0, 0.1) is 17.7 Å². The number of allylic oxidation sites excluding steroid dienone is 5. The van der Waals surface area contributed by atoms with E-state index in [1.54, 1.807) is 19.2 Å². The molecule has 124 valence electrons. The maximum absolute atomic E-state index is 14.3. The Labute approximate surface area is 139 Å². The standard InChI is InChI=1S/C20H27FN2/c1-5-7-14(10-20(22)13(3)6-2)17-12-18(17)16-9-8-15(23-4)11-19(16)21/h5,7-11,13,17-18,23H,1,6,12,22H2,2-4H3/b14-7+,20-10+. The first-order valence-electron chi connectivity index (χ1n) is 8.28. The molecule has 1 aromatic carbocycles. The summed E-state index contributed by atoms with van der Waals surface area (Å²) >= 11 is 0. The van der Waals surface area contributed by atoms with E-state index >= 15 is 0 Å². The fraction of sp³-hybridized carbons (Fsp3) is 0.400. The summed E-state index contributed by atoms with van der Waals surface area (Å²) < 4.78 is 14.3. The Hall–Kier alpha value is -2.03. The van der Waals surface area contributed by atoms with E-state index in [-0.39, 0.29) is 11.7 Å². The average molecular weight is 314 g/mol. The van der Waals surface area contributed by atoms with Gasteiger partial charge in [0.15, 0.2) is 0 Å². The van der Waals surface area contributed by atoms with Gasteiger partial charge in [-0.3, -0.25) is 0 Å². The quantitative estimate of drug-likeness (QED) is 0.697. The van der Waals surface area contributed by atoms with Crippen LogP contribution in [-0.2, 0) is 0 Å². The number of halogens is 1. The van der Waals surface area contributed by atoms with E-state index in [1.807, 2.05) is 18.2 Å². The number of benzene rings is 1. The lowest BCUT2D eigenvalue weighted by Crippen LogP contribution is -2.08. The minimum Gasteiger partial charge on any atom is -0.402 e. The van der Waals surface area contributed by atoms with Crippen LogP contribution in [0.2, 0.25) is 0 Å². The Balaban J connectivity index is 2.19. The van der Waals surface area contributed by atoms with Crippen LogP contribution in [0.4, 0.5) is 10.1 Å². The maximum Gasteiger partial charge on any atom is 0.128 e. The van der Waals surface area contributed by atoms with Gasteiger partial charge in [0, 0.05) is 18.4 Å². The molecule has 1 aliphatic rings. The molecule has 3 N–H and O–H groups in total. The van der Waals surface area contributed by atoms with Gasteiger partial charge >= 0.3 is 0 Å². The first-order chi connectivity index (χ1) is 11.0. The number of rotatable bonds is 7. The monoisotopic (exact) mass is 314 g/mol. The Kier molecular flexibility index (Phi) is 5.64. The Morgan fingerprint density at radius 2 is 2.26 bits per heavy atom. The summed E-state index contributed by atoms with van der Waals surface area (Å²) in [4.78, 5) is 0. The summed E-state index contributed by atoms with van der Waals surface area (Å²) in [6.07, 6.45) is 7.81. The Bertz CT molecular complexity index is 631. The minimum absolute atomic E-state index is 0.138. The molecule has 2 nitrogen and oxygen atoms in total. The summed E-state index contributed by atoms with van der Waals surface area (Å²) in [5.41, 5.74) is 9.81. The molecule has 0 bridgehead atoms. The molecular formula is C20H27FN2. The summed E-state index contributed by atoms with van der Waals surface area (Å²) in [6.45, 7) is 8.04. The van der Waals surface area contributed by atoms with Crippen LogP contribution in [-0.4, -0.2) is 7.05 Å². The molecule has 3 heteroatoms. The molecule has 1 saturated carbocycles. The third-order valence-corrected chi connectivity index (χ3v) is 4.73. The number of nitrogens with two attached hydrogens (primary N) is 1. The molecule has 3 unspecified atom stereocenters. The molecular weight excluding hydrogens is 287 g/mol. The van der Waals surface area contributed by atoms with Gasteiger partial charge in [-0.1, -0.05) is 38.6 Å². The number of anilines is 1. The highest BCUT2D eigenvalue weighted by Crippen LogP contribution is 2.53. The highest BCUT2D eigenvalue weighted by atomic mass is 19.1. The van der Waals surface area contributed by atoms with E-state index in [9.17, 15) is 4.39 Å². The lowest BCUT2D eigenvalue weighted by molar-refractivity contribution is 0.609. The zero-order valence-electron chi connectivity index (χ0n) is 14.3. The Morgan fingerprint density at radius 3 is 2.83 bits per heavy atom. The molecule has 0 radical (unpaired) electrons. The molecule has 1 fully saturated rings. The second kappa shape index (κ2) is 7.49. The summed E-state index contributed by atoms with van der Waals surface area (Å²) in [7, 11) is 1.79. The van der Waals surface area contributed by atoms with Gasteiger partial charge < -0.3 is 11.1 Å². The molecule has 0 amide bonds. The van der Waals surface area contributed by atoms with E-state index in [1.165, 1.54) is 0 Å². The van der Waals surface area contributed by atoms with Crippen molar-refractivity contribution in [2.75, 3.05) is 12.4 Å². The van der Waals surface area contributed by atoms with Gasteiger partial charge in [0.25, 0.3) is 0 Å². The molecule has 0 spiro atoms. The first-order valence-corrected chi connectivity index (χ1v) is 8.28. The SMILES string of the molecule is C=C/C=C(\C=C(\N)C(C)CC)C1CC1c1ccc(NC)cc1F. The van der Waals surface area contributed by atoms with Crippen LogP contribution in [0.3, 0.4) is 0 Å². The maximum atomic E-state index is 14.3. The molecule has 2 rings (SSSR count). The fourth-order valence-electron chi connectivity index (χ4n) is 2.88. The summed E-state index contributed by atoms with van der Waals surface area (Å²) in [6, 6.07) is 5.37. The van der Waals surface area contributed by atoms with E-state index in [0.29, 0.717) is 11.8 Å². The molecule has 0 saturated heterocycles. The fourth-order valence-corrected chi connectivity index (χ4v) is 2.88. The second-order valence-corrected chi connectivity index (χ2v) is 6.29. The first kappa shape index (κ1) is 17.3. The van der Waals surface area contributed by atoms with Gasteiger partial charge in [-0.2, -0.15) is 0 Å². The van der Waals surface area contributed by atoms with Crippen molar-refractivity contribution in [3.8, 4) is 0 Å². The van der Waals surface area contributed by atoms with Crippen molar-refractivity contribution in [1.29, 1.82) is 0 Å². The summed E-state index contributed by atoms with van der Waals surface area (Å²) in [5.74, 6) is 0.770. The molecule has 1 aromatic rings. The van der Waals surface area contributed by atoms with Gasteiger partial charge in [0.1, 0.15) is 5.82 Å². The molecule has 23 heavy (non-hydrogen) atoms. The van der Waals surface area contributed by atoms with E-state index in [2.05, 4.69) is 31.8 Å². The van der Waals surface area contributed by atoms with Crippen molar-refractivity contribution >= 4 is 5.69 Å². The van der Waals surface area contributed by atoms with Gasteiger partial charge in [-0.05, 0) is 59.9 Å². The van der Waals surface area contributed by atoms with Crippen LogP contribution in [0.5, 0.6) is 0 Å². The molecule has 3 atom stereocenters. The predicted octanol–water partition coefficient (Wildman–Crippen LogP) is 4.97. The molecule has 1 aliphatic carbocycles. The zero-order chi connectivity index (χ0) is 17.0. The Morgan fingerprint density at radius 1 is 1.52 bits per heavy atom. The number of hydrogen-bond donors (Lipinski definition) is 2. The van der Waals surface area contributed by atoms with Crippen molar-refractivity contribution in [2.45, 2.75) is 32.6 Å². The zero-order valence-corrected chi connectivity index (χ0v) is 14.3. The highest BCUT2D eigenvalue weighted by molar-refractivity contribution is 5.48. The van der Waals surface area contributed by atoms with Crippen LogP contribution < -0.4 is 11.1 Å². The highest BCUT2D eigenvalue weighted by Gasteiger charge is 2.41. The normalized spacial score (nSPS) is 22.6. The smallest absolute Gasteiger partial charge is 0.128 e. The van der Waals surface area contributed by atoms with Gasteiger partial charge in [0.05, 0.1) is 0 Å². The topological polar surface area (TPSA) is 38.0 Å². The van der Waals surface area contributed by atoms with E-state index < -0.39 is 0 Å². The second-order valence-electron chi connectivity index (χ2n) is 6.29. The summed E-state index contributed by atoms with van der Waals surface area (Å²) in [5, 5.41) is 2.96. The molecule has 0 aliphatic heterocycles. The van der Waals surface area contributed by atoms with E-state index in [0.717, 1.165) is 35.4 Å². The van der Waals surface area contributed by atoms with Crippen molar-refractivity contribution in [1.82, 2.24) is 0 Å². The van der Waals surface area contributed by atoms with Crippen LogP contribution in [0.15, 0.2) is 54.3 Å². The molecule has 0 aromatic heterocycles. The van der Waals surface area contributed by atoms with Gasteiger partial charge in [0.2, 0.25) is 0 Å². The van der Waals surface area contributed by atoms with Crippen molar-refractivity contribution in [3.05, 3.63) is 65.7 Å². The van der Waals surface area contributed by atoms with Gasteiger partial charge in [-0.25, -0.2) is 4.39 Å². The molecule has 0 heterocycles. The van der Waals surface area contributed by atoms with Crippen molar-refractivity contribution in [3.63, 3.8) is 0 Å². The average Bonchev–Trinajstić information content (AvgIpc) is 3.33. The van der Waals surface area contributed by atoms with Crippen molar-refractivity contribution in [2.24, 2.45) is 17.6 Å². The lowest BCUT2D eigenvalue weighted by Gasteiger charge is -2.11. The predicted molar refractivity (Wildman–Crippen MR) is 96.8 cm³/mol. The minimum atomic E-state index is -0.138. The number of nitrogens with one attached hydrogen (secondary N) is 1. The van der Waals surface area contributed by atoms with Crippen LogP contribution in [0.25, 0.3) is 0 Å². The van der Waals surface area contributed by atoms with Crippen LogP contribution in [0.1, 0.15) is 38.2 Å². The van der Waals surface area contributed by atoms with Crippen LogP contribution >= 0.6 is 0 Å². The largest absolute Gasteiger partial charge is 0.402 e. The lowest BCUT2D eigenvalue weighted by atomic mass is 9.98.